The Balaban J connectivity index is 1.61. The Hall–Kier alpha value is -3.73. The van der Waals surface area contributed by atoms with E-state index >= 15 is 0 Å². The molecule has 0 atom stereocenters. The number of rotatable bonds is 5. The Morgan fingerprint density at radius 3 is 2.67 bits per heavy atom. The van der Waals surface area contributed by atoms with Gasteiger partial charge >= 0.3 is 5.97 Å². The third-order valence-corrected chi connectivity index (χ3v) is 5.05. The van der Waals surface area contributed by atoms with E-state index in [-0.39, 0.29) is 5.97 Å². The largest absolute Gasteiger partial charge is 0.462 e. The van der Waals surface area contributed by atoms with Gasteiger partial charge in [-0.05, 0) is 75.4 Å². The SMILES string of the molecule is CCOC(=O)c1ccc(-n2c(C)cc(C=Nc3ccc4ncccc4c3)c2C)cc1. The molecule has 2 aromatic carbocycles. The summed E-state index contributed by atoms with van der Waals surface area (Å²) in [7, 11) is 0. The number of aliphatic imine (C=N–C) groups is 1. The number of aromatic nitrogens is 2. The molecule has 4 rings (SSSR count). The number of esters is 1. The molecule has 0 aliphatic heterocycles. The molecule has 0 saturated heterocycles. The Morgan fingerprint density at radius 1 is 1.10 bits per heavy atom. The van der Waals surface area contributed by atoms with Crippen molar-refractivity contribution < 1.29 is 9.53 Å². The predicted octanol–water partition coefficient (Wildman–Crippen LogP) is 5.57. The van der Waals surface area contributed by atoms with Crippen molar-refractivity contribution in [1.29, 1.82) is 0 Å². The third kappa shape index (κ3) is 3.87. The summed E-state index contributed by atoms with van der Waals surface area (Å²) in [5.74, 6) is -0.302. The standard InChI is InChI=1S/C25H23N3O2/c1-4-30-25(29)19-7-10-23(11-8-19)28-17(2)14-21(18(28)3)16-27-22-9-12-24-20(15-22)6-5-13-26-24/h5-16H,4H2,1-3H3. The van der Waals surface area contributed by atoms with Gasteiger partial charge in [0, 0.05) is 40.4 Å². The summed E-state index contributed by atoms with van der Waals surface area (Å²) in [6.45, 7) is 6.30. The van der Waals surface area contributed by atoms with Crippen LogP contribution in [0.5, 0.6) is 0 Å². The molecule has 0 aliphatic rings. The third-order valence-electron chi connectivity index (χ3n) is 5.05. The van der Waals surface area contributed by atoms with Gasteiger partial charge in [0.15, 0.2) is 0 Å². The lowest BCUT2D eigenvalue weighted by Gasteiger charge is -2.10. The molecule has 0 fully saturated rings. The summed E-state index contributed by atoms with van der Waals surface area (Å²) < 4.78 is 7.21. The van der Waals surface area contributed by atoms with Crippen molar-refractivity contribution in [2.45, 2.75) is 20.8 Å². The normalized spacial score (nSPS) is 11.3. The summed E-state index contributed by atoms with van der Waals surface area (Å²) in [4.78, 5) is 20.9. The lowest BCUT2D eigenvalue weighted by atomic mass is 10.2. The minimum Gasteiger partial charge on any atom is -0.462 e. The Kier molecular flexibility index (Phi) is 5.44. The van der Waals surface area contributed by atoms with Crippen molar-refractivity contribution in [2.24, 2.45) is 4.99 Å². The van der Waals surface area contributed by atoms with E-state index in [9.17, 15) is 4.79 Å². The zero-order valence-electron chi connectivity index (χ0n) is 17.3. The molecular weight excluding hydrogens is 374 g/mol. The number of pyridine rings is 1. The van der Waals surface area contributed by atoms with Crippen molar-refractivity contribution in [2.75, 3.05) is 6.61 Å². The van der Waals surface area contributed by atoms with Crippen LogP contribution in [0.4, 0.5) is 5.69 Å². The van der Waals surface area contributed by atoms with Crippen LogP contribution in [0.15, 0.2) is 71.9 Å². The second-order valence-corrected chi connectivity index (χ2v) is 7.07. The van der Waals surface area contributed by atoms with Gasteiger partial charge in [0.05, 0.1) is 23.4 Å². The summed E-state index contributed by atoms with van der Waals surface area (Å²) >= 11 is 0. The van der Waals surface area contributed by atoms with Crippen molar-refractivity contribution in [3.05, 3.63) is 89.4 Å². The Labute approximate surface area is 175 Å². The molecule has 5 nitrogen and oxygen atoms in total. The van der Waals surface area contributed by atoms with Gasteiger partial charge in [-0.2, -0.15) is 0 Å². The van der Waals surface area contributed by atoms with Crippen LogP contribution >= 0.6 is 0 Å². The van der Waals surface area contributed by atoms with E-state index in [4.69, 9.17) is 4.74 Å². The maximum Gasteiger partial charge on any atom is 0.338 e. The zero-order valence-corrected chi connectivity index (χ0v) is 17.3. The molecule has 150 valence electrons. The first-order chi connectivity index (χ1) is 14.6. The predicted molar refractivity (Wildman–Crippen MR) is 120 cm³/mol. The number of hydrogen-bond donors (Lipinski definition) is 0. The topological polar surface area (TPSA) is 56.5 Å². The lowest BCUT2D eigenvalue weighted by molar-refractivity contribution is 0.0526. The maximum absolute atomic E-state index is 11.9. The van der Waals surface area contributed by atoms with E-state index < -0.39 is 0 Å². The quantitative estimate of drug-likeness (QED) is 0.327. The zero-order chi connectivity index (χ0) is 21.1. The van der Waals surface area contributed by atoms with Gasteiger partial charge in [-0.1, -0.05) is 6.07 Å². The van der Waals surface area contributed by atoms with Crippen molar-refractivity contribution in [3.8, 4) is 5.69 Å². The summed E-state index contributed by atoms with van der Waals surface area (Å²) in [5, 5.41) is 1.07. The fourth-order valence-corrected chi connectivity index (χ4v) is 3.56. The van der Waals surface area contributed by atoms with Gasteiger partial charge in [-0.25, -0.2) is 4.79 Å². The molecule has 0 amide bonds. The number of fused-ring (bicyclic) bond motifs is 1. The fraction of sp³-hybridized carbons (Fsp3) is 0.160. The average Bonchev–Trinajstić information content (AvgIpc) is 3.05. The molecule has 0 spiro atoms. The number of carbonyl (C=O) groups is 1. The highest BCUT2D eigenvalue weighted by Crippen LogP contribution is 2.23. The van der Waals surface area contributed by atoms with Crippen LogP contribution in [0.25, 0.3) is 16.6 Å². The second kappa shape index (κ2) is 8.33. The number of aryl methyl sites for hydroxylation is 1. The second-order valence-electron chi connectivity index (χ2n) is 7.07. The molecule has 0 saturated carbocycles. The molecule has 0 radical (unpaired) electrons. The average molecular weight is 397 g/mol. The molecule has 2 heterocycles. The minimum absolute atomic E-state index is 0.302. The summed E-state index contributed by atoms with van der Waals surface area (Å²) in [6, 6.07) is 19.5. The summed E-state index contributed by atoms with van der Waals surface area (Å²) in [5.41, 5.74) is 6.63. The van der Waals surface area contributed by atoms with Crippen LogP contribution in [0.3, 0.4) is 0 Å². The molecule has 2 aromatic heterocycles. The van der Waals surface area contributed by atoms with Crippen LogP contribution in [-0.4, -0.2) is 28.3 Å². The minimum atomic E-state index is -0.302. The Bertz CT molecular complexity index is 1240. The van der Waals surface area contributed by atoms with Gasteiger partial charge in [0.1, 0.15) is 0 Å². The number of ether oxygens (including phenoxy) is 1. The van der Waals surface area contributed by atoms with Gasteiger partial charge in [-0.15, -0.1) is 0 Å². The van der Waals surface area contributed by atoms with Gasteiger partial charge < -0.3 is 9.30 Å². The van der Waals surface area contributed by atoms with E-state index in [2.05, 4.69) is 34.5 Å². The van der Waals surface area contributed by atoms with E-state index in [0.717, 1.165) is 39.2 Å². The van der Waals surface area contributed by atoms with Crippen LogP contribution in [0.1, 0.15) is 34.2 Å². The summed E-state index contributed by atoms with van der Waals surface area (Å²) in [6.07, 6.45) is 3.68. The van der Waals surface area contributed by atoms with Gasteiger partial charge in [0.2, 0.25) is 0 Å². The highest BCUT2D eigenvalue weighted by molar-refractivity contribution is 5.90. The van der Waals surface area contributed by atoms with E-state index in [1.807, 2.05) is 48.7 Å². The van der Waals surface area contributed by atoms with Gasteiger partial charge in [-0.3, -0.25) is 9.98 Å². The van der Waals surface area contributed by atoms with Crippen molar-refractivity contribution in [1.82, 2.24) is 9.55 Å². The first-order valence-corrected chi connectivity index (χ1v) is 9.92. The van der Waals surface area contributed by atoms with E-state index in [1.54, 1.807) is 25.3 Å². The van der Waals surface area contributed by atoms with Crippen molar-refractivity contribution in [3.63, 3.8) is 0 Å². The highest BCUT2D eigenvalue weighted by Gasteiger charge is 2.11. The molecule has 0 unspecified atom stereocenters. The maximum atomic E-state index is 11.9. The van der Waals surface area contributed by atoms with E-state index in [0.29, 0.717) is 12.2 Å². The van der Waals surface area contributed by atoms with Crippen molar-refractivity contribution >= 4 is 28.8 Å². The molecule has 30 heavy (non-hydrogen) atoms. The van der Waals surface area contributed by atoms with Crippen LogP contribution < -0.4 is 0 Å². The van der Waals surface area contributed by atoms with Crippen LogP contribution in [-0.2, 0) is 4.74 Å². The number of hydrogen-bond acceptors (Lipinski definition) is 4. The van der Waals surface area contributed by atoms with Crippen LogP contribution in [0, 0.1) is 13.8 Å². The smallest absolute Gasteiger partial charge is 0.338 e. The van der Waals surface area contributed by atoms with E-state index in [1.165, 1.54) is 0 Å². The molecular formula is C25H23N3O2. The number of nitrogens with zero attached hydrogens (tertiary/aromatic N) is 3. The number of carbonyl (C=O) groups excluding carboxylic acids is 1. The number of benzene rings is 2. The molecule has 5 heteroatoms. The highest BCUT2D eigenvalue weighted by atomic mass is 16.5. The molecule has 0 N–H and O–H groups in total. The molecule has 0 aliphatic carbocycles. The fourth-order valence-electron chi connectivity index (χ4n) is 3.56. The monoisotopic (exact) mass is 397 g/mol. The van der Waals surface area contributed by atoms with Gasteiger partial charge in [0.25, 0.3) is 0 Å². The van der Waals surface area contributed by atoms with Crippen LogP contribution in [0.2, 0.25) is 0 Å². The Morgan fingerprint density at radius 2 is 1.90 bits per heavy atom. The lowest BCUT2D eigenvalue weighted by Crippen LogP contribution is -2.05. The molecule has 4 aromatic rings. The first kappa shape index (κ1) is 19.6. The first-order valence-electron chi connectivity index (χ1n) is 9.92. The molecule has 0 bridgehead atoms.